The number of ether oxygens (including phenoxy) is 2. The highest BCUT2D eigenvalue weighted by Crippen LogP contribution is 2.44. The number of carbonyl (C=O) groups excluding carboxylic acids is 2. The summed E-state index contributed by atoms with van der Waals surface area (Å²) in [6.07, 6.45) is 1.59. The molecule has 1 fully saturated rings. The summed E-state index contributed by atoms with van der Waals surface area (Å²) in [6, 6.07) is 16.8. The number of anilines is 1. The predicted molar refractivity (Wildman–Crippen MR) is 134 cm³/mol. The van der Waals surface area contributed by atoms with Gasteiger partial charge in [0.05, 0.1) is 25.5 Å². The van der Waals surface area contributed by atoms with Gasteiger partial charge in [-0.15, -0.1) is 0 Å². The lowest BCUT2D eigenvalue weighted by molar-refractivity contribution is -0.132. The summed E-state index contributed by atoms with van der Waals surface area (Å²) in [5.41, 5.74) is 2.10. The second kappa shape index (κ2) is 9.25. The van der Waals surface area contributed by atoms with E-state index in [2.05, 4.69) is 25.8 Å². The molecule has 1 aliphatic rings. The summed E-state index contributed by atoms with van der Waals surface area (Å²) in [6.45, 7) is 6.30. The van der Waals surface area contributed by atoms with Gasteiger partial charge in [0.1, 0.15) is 28.9 Å². The van der Waals surface area contributed by atoms with Gasteiger partial charge in [-0.2, -0.15) is 0 Å². The number of aliphatic hydroxyl groups excluding tert-OH is 1. The lowest BCUT2D eigenvalue weighted by atomic mass is 9.87. The number of ketones is 1. The molecule has 3 aromatic rings. The van der Waals surface area contributed by atoms with E-state index < -0.39 is 17.7 Å². The maximum absolute atomic E-state index is 13.4. The van der Waals surface area contributed by atoms with Crippen molar-refractivity contribution in [2.75, 3.05) is 19.1 Å². The van der Waals surface area contributed by atoms with Gasteiger partial charge in [-0.25, -0.2) is 0 Å². The highest BCUT2D eigenvalue weighted by Gasteiger charge is 2.48. The van der Waals surface area contributed by atoms with Crippen LogP contribution in [0.4, 0.5) is 5.69 Å². The average molecular weight is 473 g/mol. The minimum Gasteiger partial charge on any atom is -0.506 e. The SMILES string of the molecule is COc1cccc(OC)c1/C(O)=C1\C(=O)C(=O)N(c2ccc(C(C)(C)C)cc2)C1c1ccccn1. The summed E-state index contributed by atoms with van der Waals surface area (Å²) in [5, 5.41) is 11.5. The molecule has 0 radical (unpaired) electrons. The smallest absolute Gasteiger partial charge is 0.300 e. The standard InChI is InChI=1S/C28H28N2O5/c1-28(2,3)17-12-14-18(15-13-17)30-24(19-9-6-7-16-29-19)23(26(32)27(30)33)25(31)22-20(34-4)10-8-11-21(22)35-5/h6-16,24,31H,1-5H3/b25-23+. The van der Waals surface area contributed by atoms with Crippen molar-refractivity contribution in [3.63, 3.8) is 0 Å². The Bertz CT molecular complexity index is 1270. The van der Waals surface area contributed by atoms with Crippen LogP contribution in [-0.4, -0.2) is 36.0 Å². The first kappa shape index (κ1) is 24.0. The summed E-state index contributed by atoms with van der Waals surface area (Å²) in [5.74, 6) is -1.34. The van der Waals surface area contributed by atoms with Gasteiger partial charge >= 0.3 is 0 Å². The van der Waals surface area contributed by atoms with E-state index in [1.807, 2.05) is 24.3 Å². The van der Waals surface area contributed by atoms with Crippen LogP contribution in [-0.2, 0) is 15.0 Å². The molecular formula is C28H28N2O5. The number of hydrogen-bond acceptors (Lipinski definition) is 6. The molecular weight excluding hydrogens is 444 g/mol. The highest BCUT2D eigenvalue weighted by atomic mass is 16.5. The van der Waals surface area contributed by atoms with Gasteiger partial charge in [-0.05, 0) is 47.4 Å². The zero-order valence-corrected chi connectivity index (χ0v) is 20.4. The first-order valence-electron chi connectivity index (χ1n) is 11.2. The number of aromatic nitrogens is 1. The number of nitrogens with zero attached hydrogens (tertiary/aromatic N) is 2. The Kier molecular flexibility index (Phi) is 6.35. The van der Waals surface area contributed by atoms with E-state index in [4.69, 9.17) is 9.47 Å². The van der Waals surface area contributed by atoms with Crippen LogP contribution in [0.15, 0.2) is 72.4 Å². The Morgan fingerprint density at radius 1 is 0.914 bits per heavy atom. The van der Waals surface area contributed by atoms with Gasteiger partial charge in [0.25, 0.3) is 11.7 Å². The van der Waals surface area contributed by atoms with Crippen LogP contribution < -0.4 is 14.4 Å². The Morgan fingerprint density at radius 3 is 2.06 bits per heavy atom. The molecule has 7 heteroatoms. The maximum Gasteiger partial charge on any atom is 0.300 e. The topological polar surface area (TPSA) is 89.0 Å². The Labute approximate surface area is 204 Å². The van der Waals surface area contributed by atoms with Crippen LogP contribution in [0, 0.1) is 0 Å². The van der Waals surface area contributed by atoms with Gasteiger partial charge in [-0.1, -0.05) is 45.0 Å². The number of rotatable bonds is 5. The number of methoxy groups -OCH3 is 2. The second-order valence-corrected chi connectivity index (χ2v) is 9.26. The number of amides is 1. The van der Waals surface area contributed by atoms with E-state index in [0.29, 0.717) is 22.9 Å². The second-order valence-electron chi connectivity index (χ2n) is 9.26. The monoisotopic (exact) mass is 472 g/mol. The lowest BCUT2D eigenvalue weighted by Crippen LogP contribution is -2.30. The molecule has 7 nitrogen and oxygen atoms in total. The first-order valence-corrected chi connectivity index (χ1v) is 11.2. The van der Waals surface area contributed by atoms with Gasteiger partial charge in [0.15, 0.2) is 0 Å². The Morgan fingerprint density at radius 2 is 1.54 bits per heavy atom. The van der Waals surface area contributed by atoms with Crippen LogP contribution in [0.3, 0.4) is 0 Å². The maximum atomic E-state index is 13.4. The fraction of sp³-hybridized carbons (Fsp3) is 0.250. The van der Waals surface area contributed by atoms with Gasteiger partial charge in [-0.3, -0.25) is 19.5 Å². The fourth-order valence-electron chi connectivity index (χ4n) is 4.26. The van der Waals surface area contributed by atoms with Crippen molar-refractivity contribution in [1.82, 2.24) is 4.98 Å². The number of carbonyl (C=O) groups is 2. The largest absolute Gasteiger partial charge is 0.506 e. The van der Waals surface area contributed by atoms with Crippen molar-refractivity contribution < 1.29 is 24.2 Å². The third-order valence-corrected chi connectivity index (χ3v) is 6.09. The minimum atomic E-state index is -0.939. The van der Waals surface area contributed by atoms with Crippen LogP contribution in [0.25, 0.3) is 5.76 Å². The molecule has 1 aromatic heterocycles. The number of benzene rings is 2. The first-order chi connectivity index (χ1) is 16.7. The van der Waals surface area contributed by atoms with Crippen molar-refractivity contribution in [1.29, 1.82) is 0 Å². The predicted octanol–water partition coefficient (Wildman–Crippen LogP) is 5.02. The summed E-state index contributed by atoms with van der Waals surface area (Å²) < 4.78 is 10.9. The van der Waals surface area contributed by atoms with Crippen LogP contribution in [0.5, 0.6) is 11.5 Å². The third kappa shape index (κ3) is 4.25. The molecule has 1 aliphatic heterocycles. The number of pyridine rings is 1. The van der Waals surface area contributed by atoms with Gasteiger partial charge in [0, 0.05) is 11.9 Å². The van der Waals surface area contributed by atoms with Gasteiger partial charge < -0.3 is 14.6 Å². The van der Waals surface area contributed by atoms with E-state index >= 15 is 0 Å². The Hall–Kier alpha value is -4.13. The summed E-state index contributed by atoms with van der Waals surface area (Å²) in [7, 11) is 2.91. The molecule has 4 rings (SSSR count). The van der Waals surface area contributed by atoms with Crippen molar-refractivity contribution in [3.8, 4) is 11.5 Å². The molecule has 1 N–H and O–H groups in total. The van der Waals surface area contributed by atoms with Crippen LogP contribution >= 0.6 is 0 Å². The molecule has 180 valence electrons. The molecule has 1 amide bonds. The van der Waals surface area contributed by atoms with Crippen molar-refractivity contribution in [2.24, 2.45) is 0 Å². The molecule has 1 unspecified atom stereocenters. The fourth-order valence-corrected chi connectivity index (χ4v) is 4.26. The molecule has 0 spiro atoms. The molecule has 0 aliphatic carbocycles. The molecule has 0 saturated carbocycles. The quantitative estimate of drug-likeness (QED) is 0.319. The van der Waals surface area contributed by atoms with E-state index in [9.17, 15) is 14.7 Å². The summed E-state index contributed by atoms with van der Waals surface area (Å²) in [4.78, 5) is 32.6. The number of aliphatic hydroxyl groups is 1. The normalized spacial score (nSPS) is 17.5. The lowest BCUT2D eigenvalue weighted by Gasteiger charge is -2.26. The average Bonchev–Trinajstić information content (AvgIpc) is 3.13. The molecule has 1 saturated heterocycles. The third-order valence-electron chi connectivity index (χ3n) is 6.09. The molecule has 35 heavy (non-hydrogen) atoms. The highest BCUT2D eigenvalue weighted by molar-refractivity contribution is 6.51. The van der Waals surface area contributed by atoms with E-state index in [1.54, 1.807) is 42.6 Å². The van der Waals surface area contributed by atoms with E-state index in [1.165, 1.54) is 19.1 Å². The zero-order chi connectivity index (χ0) is 25.3. The van der Waals surface area contributed by atoms with Crippen molar-refractivity contribution in [3.05, 3.63) is 89.3 Å². The van der Waals surface area contributed by atoms with Crippen LogP contribution in [0.2, 0.25) is 0 Å². The minimum absolute atomic E-state index is 0.0759. The van der Waals surface area contributed by atoms with Crippen molar-refractivity contribution >= 4 is 23.1 Å². The number of hydrogen-bond donors (Lipinski definition) is 1. The van der Waals surface area contributed by atoms with Gasteiger partial charge in [0.2, 0.25) is 0 Å². The molecule has 2 aromatic carbocycles. The summed E-state index contributed by atoms with van der Waals surface area (Å²) >= 11 is 0. The number of Topliss-reactive ketones (excluding diaryl/α,β-unsaturated/α-hetero) is 1. The molecule has 2 heterocycles. The van der Waals surface area contributed by atoms with Crippen molar-refractivity contribution in [2.45, 2.75) is 32.2 Å². The van der Waals surface area contributed by atoms with Crippen LogP contribution in [0.1, 0.15) is 43.6 Å². The molecule has 0 bridgehead atoms. The molecule has 1 atom stereocenters. The Balaban J connectivity index is 1.95. The van der Waals surface area contributed by atoms with E-state index in [-0.39, 0.29) is 22.3 Å². The van der Waals surface area contributed by atoms with E-state index in [0.717, 1.165) is 5.56 Å². The zero-order valence-electron chi connectivity index (χ0n) is 20.4.